The van der Waals surface area contributed by atoms with E-state index in [2.05, 4.69) is 0 Å². The molecule has 1 unspecified atom stereocenters. The Morgan fingerprint density at radius 3 is 2.65 bits per heavy atom. The van der Waals surface area contributed by atoms with E-state index in [0.717, 1.165) is 0 Å². The molecule has 0 heterocycles. The van der Waals surface area contributed by atoms with Crippen LogP contribution < -0.4 is 5.73 Å². The largest absolute Gasteiger partial charge is 0.481 e. The molecule has 0 saturated carbocycles. The van der Waals surface area contributed by atoms with E-state index in [1.54, 1.807) is 25.1 Å². The van der Waals surface area contributed by atoms with Gasteiger partial charge in [-0.15, -0.1) is 0 Å². The fourth-order valence-electron chi connectivity index (χ4n) is 1.73. The molecule has 0 aliphatic heterocycles. The lowest BCUT2D eigenvalue weighted by Crippen LogP contribution is -2.33. The van der Waals surface area contributed by atoms with E-state index in [1.165, 1.54) is 0 Å². The second kappa shape index (κ2) is 5.71. The van der Waals surface area contributed by atoms with Gasteiger partial charge in [-0.25, -0.2) is 0 Å². The predicted molar refractivity (Wildman–Crippen MR) is 69.7 cm³/mol. The summed E-state index contributed by atoms with van der Waals surface area (Å²) in [6.45, 7) is 2.09. The van der Waals surface area contributed by atoms with Gasteiger partial charge in [0.25, 0.3) is 0 Å². The van der Waals surface area contributed by atoms with Crippen LogP contribution in [0.2, 0.25) is 10.0 Å². The standard InChI is InChI=1S/C12H15Cl2NO2/c1-12(11(16)17,5-2-6-15)9-7-8(13)3-4-10(9)14/h3-4,7H,2,5-6,15H2,1H3,(H,16,17). The van der Waals surface area contributed by atoms with Gasteiger partial charge >= 0.3 is 5.97 Å². The van der Waals surface area contributed by atoms with Crippen LogP contribution in [-0.2, 0) is 10.2 Å². The first-order valence-electron chi connectivity index (χ1n) is 5.31. The maximum Gasteiger partial charge on any atom is 0.313 e. The van der Waals surface area contributed by atoms with Crippen molar-refractivity contribution >= 4 is 29.2 Å². The fourth-order valence-corrected chi connectivity index (χ4v) is 2.23. The Hall–Kier alpha value is -0.770. The first-order valence-corrected chi connectivity index (χ1v) is 6.06. The number of benzene rings is 1. The Balaban J connectivity index is 3.21. The Morgan fingerprint density at radius 2 is 2.12 bits per heavy atom. The highest BCUT2D eigenvalue weighted by atomic mass is 35.5. The van der Waals surface area contributed by atoms with Crippen LogP contribution in [0.25, 0.3) is 0 Å². The number of hydrogen-bond acceptors (Lipinski definition) is 2. The van der Waals surface area contributed by atoms with E-state index >= 15 is 0 Å². The Bertz CT molecular complexity index is 423. The molecule has 3 nitrogen and oxygen atoms in total. The predicted octanol–water partition coefficient (Wildman–Crippen LogP) is 3.07. The van der Waals surface area contributed by atoms with E-state index in [4.69, 9.17) is 28.9 Å². The quantitative estimate of drug-likeness (QED) is 0.868. The number of carbonyl (C=O) groups is 1. The molecule has 0 saturated heterocycles. The van der Waals surface area contributed by atoms with Crippen molar-refractivity contribution < 1.29 is 9.90 Å². The summed E-state index contributed by atoms with van der Waals surface area (Å²) in [4.78, 5) is 11.4. The number of halogens is 2. The van der Waals surface area contributed by atoms with Gasteiger partial charge in [-0.05, 0) is 50.1 Å². The van der Waals surface area contributed by atoms with E-state index < -0.39 is 11.4 Å². The minimum absolute atomic E-state index is 0.413. The van der Waals surface area contributed by atoms with Gasteiger partial charge in [0.2, 0.25) is 0 Å². The third kappa shape index (κ3) is 3.12. The van der Waals surface area contributed by atoms with E-state index in [-0.39, 0.29) is 0 Å². The van der Waals surface area contributed by atoms with Gasteiger partial charge in [-0.2, -0.15) is 0 Å². The van der Waals surface area contributed by atoms with Crippen LogP contribution in [0.5, 0.6) is 0 Å². The van der Waals surface area contributed by atoms with E-state index in [0.29, 0.717) is 35.0 Å². The molecule has 0 bridgehead atoms. The lowest BCUT2D eigenvalue weighted by molar-refractivity contribution is -0.143. The van der Waals surface area contributed by atoms with Crippen molar-refractivity contribution in [1.82, 2.24) is 0 Å². The minimum Gasteiger partial charge on any atom is -0.481 e. The summed E-state index contributed by atoms with van der Waals surface area (Å²) in [7, 11) is 0. The molecule has 0 fully saturated rings. The number of hydrogen-bond donors (Lipinski definition) is 2. The molecule has 94 valence electrons. The zero-order chi connectivity index (χ0) is 13.1. The molecule has 1 aromatic carbocycles. The van der Waals surface area contributed by atoms with Crippen molar-refractivity contribution in [3.05, 3.63) is 33.8 Å². The lowest BCUT2D eigenvalue weighted by atomic mass is 9.78. The van der Waals surface area contributed by atoms with Crippen LogP contribution in [-0.4, -0.2) is 17.6 Å². The molecule has 0 radical (unpaired) electrons. The molecule has 5 heteroatoms. The van der Waals surface area contributed by atoms with Gasteiger partial charge in [0.15, 0.2) is 0 Å². The maximum atomic E-state index is 11.4. The molecule has 0 aliphatic rings. The normalized spacial score (nSPS) is 14.4. The van der Waals surface area contributed by atoms with Crippen LogP contribution in [0.4, 0.5) is 0 Å². The highest BCUT2D eigenvalue weighted by molar-refractivity contribution is 6.33. The lowest BCUT2D eigenvalue weighted by Gasteiger charge is -2.26. The SMILES string of the molecule is CC(CCCN)(C(=O)O)c1cc(Cl)ccc1Cl. The Kier molecular flexibility index (Phi) is 4.80. The highest BCUT2D eigenvalue weighted by Gasteiger charge is 2.36. The molecule has 3 N–H and O–H groups in total. The molecular weight excluding hydrogens is 261 g/mol. The average Bonchev–Trinajstić information content (AvgIpc) is 2.29. The van der Waals surface area contributed by atoms with Crippen molar-refractivity contribution in [3.8, 4) is 0 Å². The maximum absolute atomic E-state index is 11.4. The summed E-state index contributed by atoms with van der Waals surface area (Å²) >= 11 is 11.9. The molecule has 0 spiro atoms. The number of aliphatic carboxylic acids is 1. The molecule has 1 aromatic rings. The third-order valence-corrected chi connectivity index (χ3v) is 3.44. The molecule has 1 atom stereocenters. The second-order valence-corrected chi connectivity index (χ2v) is 5.00. The first kappa shape index (κ1) is 14.3. The van der Waals surface area contributed by atoms with E-state index in [9.17, 15) is 9.90 Å². The molecular formula is C12H15Cl2NO2. The number of nitrogens with two attached hydrogens (primary N) is 1. The van der Waals surface area contributed by atoms with Crippen LogP contribution in [0.1, 0.15) is 25.3 Å². The van der Waals surface area contributed by atoms with Gasteiger partial charge < -0.3 is 10.8 Å². The first-order chi connectivity index (χ1) is 7.91. The molecule has 17 heavy (non-hydrogen) atoms. The summed E-state index contributed by atoms with van der Waals surface area (Å²) in [5, 5.41) is 10.3. The fraction of sp³-hybridized carbons (Fsp3) is 0.417. The summed E-state index contributed by atoms with van der Waals surface area (Å²) in [6, 6.07) is 4.86. The van der Waals surface area contributed by atoms with Crippen molar-refractivity contribution in [1.29, 1.82) is 0 Å². The molecule has 0 aromatic heterocycles. The Labute approximate surface area is 111 Å². The van der Waals surface area contributed by atoms with Crippen LogP contribution in [0.3, 0.4) is 0 Å². The zero-order valence-electron chi connectivity index (χ0n) is 9.54. The van der Waals surface area contributed by atoms with Crippen LogP contribution in [0.15, 0.2) is 18.2 Å². The summed E-state index contributed by atoms with van der Waals surface area (Å²) < 4.78 is 0. The second-order valence-electron chi connectivity index (χ2n) is 4.15. The van der Waals surface area contributed by atoms with Crippen LogP contribution >= 0.6 is 23.2 Å². The van der Waals surface area contributed by atoms with Crippen molar-refractivity contribution in [2.24, 2.45) is 5.73 Å². The van der Waals surface area contributed by atoms with Gasteiger partial charge in [-0.1, -0.05) is 23.2 Å². The number of carboxylic acid groups (broad SMARTS) is 1. The topological polar surface area (TPSA) is 63.3 Å². The van der Waals surface area contributed by atoms with Gasteiger partial charge in [0.05, 0.1) is 5.41 Å². The van der Waals surface area contributed by atoms with Crippen molar-refractivity contribution in [3.63, 3.8) is 0 Å². The molecule has 0 amide bonds. The summed E-state index contributed by atoms with van der Waals surface area (Å²) in [5.41, 5.74) is 4.91. The summed E-state index contributed by atoms with van der Waals surface area (Å²) in [6.07, 6.45) is 1.05. The number of carboxylic acids is 1. The minimum atomic E-state index is -1.05. The zero-order valence-corrected chi connectivity index (χ0v) is 11.1. The van der Waals surface area contributed by atoms with Crippen molar-refractivity contribution in [2.45, 2.75) is 25.2 Å². The number of rotatable bonds is 5. The average molecular weight is 276 g/mol. The molecule has 0 aliphatic carbocycles. The monoisotopic (exact) mass is 275 g/mol. The van der Waals surface area contributed by atoms with E-state index in [1.807, 2.05) is 0 Å². The third-order valence-electron chi connectivity index (χ3n) is 2.88. The smallest absolute Gasteiger partial charge is 0.313 e. The van der Waals surface area contributed by atoms with Crippen LogP contribution in [0, 0.1) is 0 Å². The highest BCUT2D eigenvalue weighted by Crippen LogP contribution is 2.35. The van der Waals surface area contributed by atoms with Crippen molar-refractivity contribution in [2.75, 3.05) is 6.54 Å². The Morgan fingerprint density at radius 1 is 1.47 bits per heavy atom. The molecule has 1 rings (SSSR count). The van der Waals surface area contributed by atoms with Gasteiger partial charge in [0.1, 0.15) is 0 Å². The van der Waals surface area contributed by atoms with Gasteiger partial charge in [0, 0.05) is 10.0 Å². The van der Waals surface area contributed by atoms with Gasteiger partial charge in [-0.3, -0.25) is 4.79 Å². The summed E-state index contributed by atoms with van der Waals surface area (Å²) in [5.74, 6) is -0.921.